The quantitative estimate of drug-likeness (QED) is 0.755. The molecule has 0 fully saturated rings. The van der Waals surface area contributed by atoms with Crippen molar-refractivity contribution in [3.05, 3.63) is 34.6 Å². The normalized spacial score (nSPS) is 16.6. The van der Waals surface area contributed by atoms with Crippen LogP contribution in [0.15, 0.2) is 12.1 Å². The Hall–Kier alpha value is -0.890. The second-order valence-corrected chi connectivity index (χ2v) is 5.61. The van der Waals surface area contributed by atoms with E-state index in [0.717, 1.165) is 25.1 Å². The van der Waals surface area contributed by atoms with Gasteiger partial charge in [0, 0.05) is 19.1 Å². The van der Waals surface area contributed by atoms with Crippen LogP contribution in [0.5, 0.6) is 0 Å². The molecule has 0 saturated heterocycles. The number of fused-ring (bicyclic) bond motifs is 1. The highest BCUT2D eigenvalue weighted by Crippen LogP contribution is 2.27. The van der Waals surface area contributed by atoms with Gasteiger partial charge in [0.25, 0.3) is 0 Å². The summed E-state index contributed by atoms with van der Waals surface area (Å²) in [7, 11) is 0. The van der Waals surface area contributed by atoms with Gasteiger partial charge in [0.05, 0.1) is 0 Å². The van der Waals surface area contributed by atoms with Crippen molar-refractivity contribution in [2.45, 2.75) is 52.6 Å². The molecule has 1 aliphatic heterocycles. The van der Waals surface area contributed by atoms with E-state index in [1.54, 1.807) is 6.07 Å². The number of nitrogens with zero attached hydrogens (tertiary/aromatic N) is 1. The largest absolute Gasteiger partial charge is 0.296 e. The van der Waals surface area contributed by atoms with Gasteiger partial charge >= 0.3 is 0 Å². The van der Waals surface area contributed by atoms with Gasteiger partial charge in [-0.05, 0) is 48.9 Å². The minimum Gasteiger partial charge on any atom is -0.296 e. The fraction of sp³-hybridized carbons (Fsp3) is 0.600. The zero-order chi connectivity index (χ0) is 12.6. The lowest BCUT2D eigenvalue weighted by Gasteiger charge is -2.32. The lowest BCUT2D eigenvalue weighted by Crippen LogP contribution is -2.36. The van der Waals surface area contributed by atoms with E-state index in [-0.39, 0.29) is 11.7 Å². The standard InChI is InChI=1S/C15H22FN/c1-10(2)14-7-12-5-6-17(11(3)4)9-13(12)8-15(14)16/h7-8,10-11H,5-6,9H2,1-4H3. The summed E-state index contributed by atoms with van der Waals surface area (Å²) >= 11 is 0. The third-order valence-electron chi connectivity index (χ3n) is 3.71. The highest BCUT2D eigenvalue weighted by atomic mass is 19.1. The van der Waals surface area contributed by atoms with E-state index in [1.165, 1.54) is 11.1 Å². The van der Waals surface area contributed by atoms with E-state index < -0.39 is 0 Å². The Labute approximate surface area is 104 Å². The molecular weight excluding hydrogens is 213 g/mol. The predicted molar refractivity (Wildman–Crippen MR) is 69.7 cm³/mol. The van der Waals surface area contributed by atoms with Gasteiger partial charge < -0.3 is 0 Å². The number of halogens is 1. The molecule has 0 aliphatic carbocycles. The molecule has 0 atom stereocenters. The molecule has 1 nitrogen and oxygen atoms in total. The Morgan fingerprint density at radius 2 is 1.82 bits per heavy atom. The van der Waals surface area contributed by atoms with Gasteiger partial charge in [0.2, 0.25) is 0 Å². The Morgan fingerprint density at radius 3 is 2.41 bits per heavy atom. The SMILES string of the molecule is CC(C)c1cc2c(cc1F)CN(C(C)C)CC2. The summed E-state index contributed by atoms with van der Waals surface area (Å²) in [6.45, 7) is 10.5. The van der Waals surface area contributed by atoms with Crippen LogP contribution in [0.4, 0.5) is 4.39 Å². The average molecular weight is 235 g/mol. The first-order chi connectivity index (χ1) is 7.99. The van der Waals surface area contributed by atoms with Crippen molar-refractivity contribution in [3.63, 3.8) is 0 Å². The maximum atomic E-state index is 13.9. The molecule has 1 aromatic carbocycles. The summed E-state index contributed by atoms with van der Waals surface area (Å²) in [5.74, 6) is 0.229. The Bertz CT molecular complexity index is 410. The van der Waals surface area contributed by atoms with Crippen molar-refractivity contribution >= 4 is 0 Å². The average Bonchev–Trinajstić information content (AvgIpc) is 2.26. The van der Waals surface area contributed by atoms with E-state index in [4.69, 9.17) is 0 Å². The van der Waals surface area contributed by atoms with Crippen molar-refractivity contribution in [3.8, 4) is 0 Å². The molecule has 0 unspecified atom stereocenters. The van der Waals surface area contributed by atoms with Crippen molar-refractivity contribution in [1.82, 2.24) is 4.90 Å². The van der Waals surface area contributed by atoms with Crippen LogP contribution in [-0.4, -0.2) is 17.5 Å². The molecule has 1 heterocycles. The molecule has 2 rings (SSSR count). The van der Waals surface area contributed by atoms with Crippen molar-refractivity contribution in [2.75, 3.05) is 6.54 Å². The van der Waals surface area contributed by atoms with E-state index in [9.17, 15) is 4.39 Å². The predicted octanol–water partition coefficient (Wildman–Crippen LogP) is 3.72. The van der Waals surface area contributed by atoms with E-state index in [2.05, 4.69) is 24.8 Å². The molecule has 1 aromatic rings. The number of hydrogen-bond donors (Lipinski definition) is 0. The summed E-state index contributed by atoms with van der Waals surface area (Å²) in [5, 5.41) is 0. The minimum absolute atomic E-state index is 0.0376. The first-order valence-corrected chi connectivity index (χ1v) is 6.54. The summed E-state index contributed by atoms with van der Waals surface area (Å²) in [6, 6.07) is 4.36. The monoisotopic (exact) mass is 235 g/mol. The molecule has 0 aromatic heterocycles. The molecule has 94 valence electrons. The third kappa shape index (κ3) is 2.52. The second-order valence-electron chi connectivity index (χ2n) is 5.61. The van der Waals surface area contributed by atoms with Crippen molar-refractivity contribution in [2.24, 2.45) is 0 Å². The maximum absolute atomic E-state index is 13.9. The zero-order valence-electron chi connectivity index (χ0n) is 11.3. The smallest absolute Gasteiger partial charge is 0.126 e. The Balaban J connectivity index is 2.32. The summed E-state index contributed by atoms with van der Waals surface area (Å²) in [6.07, 6.45) is 1.05. The number of rotatable bonds is 2. The van der Waals surface area contributed by atoms with Gasteiger partial charge in [-0.2, -0.15) is 0 Å². The van der Waals surface area contributed by atoms with Crippen molar-refractivity contribution < 1.29 is 4.39 Å². The van der Waals surface area contributed by atoms with E-state index in [1.807, 2.05) is 13.8 Å². The van der Waals surface area contributed by atoms with Crippen LogP contribution in [0.1, 0.15) is 50.3 Å². The summed E-state index contributed by atoms with van der Waals surface area (Å²) in [5.41, 5.74) is 3.38. The highest BCUT2D eigenvalue weighted by Gasteiger charge is 2.20. The molecule has 0 spiro atoms. The Kier molecular flexibility index (Phi) is 3.53. The van der Waals surface area contributed by atoms with Gasteiger partial charge in [-0.25, -0.2) is 4.39 Å². The summed E-state index contributed by atoms with van der Waals surface area (Å²) < 4.78 is 13.9. The molecular formula is C15H22FN. The van der Waals surface area contributed by atoms with E-state index in [0.29, 0.717) is 6.04 Å². The van der Waals surface area contributed by atoms with Gasteiger partial charge in [-0.15, -0.1) is 0 Å². The van der Waals surface area contributed by atoms with Crippen LogP contribution in [-0.2, 0) is 13.0 Å². The highest BCUT2D eigenvalue weighted by molar-refractivity contribution is 5.36. The number of hydrogen-bond acceptors (Lipinski definition) is 1. The lowest BCUT2D eigenvalue weighted by atomic mass is 9.92. The topological polar surface area (TPSA) is 3.24 Å². The zero-order valence-corrected chi connectivity index (χ0v) is 11.3. The maximum Gasteiger partial charge on any atom is 0.126 e. The van der Waals surface area contributed by atoms with Crippen LogP contribution in [0.2, 0.25) is 0 Å². The molecule has 0 saturated carbocycles. The van der Waals surface area contributed by atoms with Gasteiger partial charge in [0.1, 0.15) is 5.82 Å². The minimum atomic E-state index is -0.0376. The molecule has 2 heteroatoms. The van der Waals surface area contributed by atoms with Crippen LogP contribution < -0.4 is 0 Å². The van der Waals surface area contributed by atoms with Crippen LogP contribution in [0, 0.1) is 5.82 Å². The molecule has 17 heavy (non-hydrogen) atoms. The molecule has 0 N–H and O–H groups in total. The van der Waals surface area contributed by atoms with Gasteiger partial charge in [0.15, 0.2) is 0 Å². The molecule has 0 amide bonds. The van der Waals surface area contributed by atoms with Crippen LogP contribution in [0.25, 0.3) is 0 Å². The van der Waals surface area contributed by atoms with Crippen molar-refractivity contribution in [1.29, 1.82) is 0 Å². The van der Waals surface area contributed by atoms with E-state index >= 15 is 0 Å². The number of benzene rings is 1. The molecule has 0 bridgehead atoms. The molecule has 0 radical (unpaired) electrons. The first-order valence-electron chi connectivity index (χ1n) is 6.54. The lowest BCUT2D eigenvalue weighted by molar-refractivity contribution is 0.203. The van der Waals surface area contributed by atoms with Gasteiger partial charge in [-0.3, -0.25) is 4.90 Å². The second kappa shape index (κ2) is 4.77. The van der Waals surface area contributed by atoms with Crippen LogP contribution in [0.3, 0.4) is 0 Å². The summed E-state index contributed by atoms with van der Waals surface area (Å²) in [4.78, 5) is 2.40. The third-order valence-corrected chi connectivity index (χ3v) is 3.71. The fourth-order valence-electron chi connectivity index (χ4n) is 2.50. The first kappa shape index (κ1) is 12.6. The fourth-order valence-corrected chi connectivity index (χ4v) is 2.50. The Morgan fingerprint density at radius 1 is 1.12 bits per heavy atom. The van der Waals surface area contributed by atoms with Crippen LogP contribution >= 0.6 is 0 Å². The molecule has 1 aliphatic rings. The van der Waals surface area contributed by atoms with Gasteiger partial charge in [-0.1, -0.05) is 19.9 Å².